The zero-order valence-corrected chi connectivity index (χ0v) is 25.3. The Balaban J connectivity index is 4.31. The van der Waals surface area contributed by atoms with Crippen molar-refractivity contribution in [2.75, 3.05) is 133 Å². The lowest BCUT2D eigenvalue weighted by atomic mass is 10.4. The second-order valence-corrected chi connectivity index (χ2v) is 8.37. The van der Waals surface area contributed by atoms with Crippen molar-refractivity contribution in [1.29, 1.82) is 0 Å². The molecule has 0 amide bonds. The topological polar surface area (TPSA) is 229 Å². The van der Waals surface area contributed by atoms with Gasteiger partial charge in [-0.3, -0.25) is 9.59 Å². The Morgan fingerprint density at radius 2 is 0.756 bits per heavy atom. The Labute approximate surface area is 261 Å². The van der Waals surface area contributed by atoms with E-state index >= 15 is 0 Å². The molecule has 0 atom stereocenters. The van der Waals surface area contributed by atoms with Crippen molar-refractivity contribution in [2.45, 2.75) is 12.2 Å². The molecule has 0 aliphatic heterocycles. The molecule has 0 saturated carbocycles. The molecule has 0 aliphatic carbocycles. The number of hydrogen-bond acceptors (Lipinski definition) is 17. The van der Waals surface area contributed by atoms with E-state index in [9.17, 15) is 19.2 Å². The van der Waals surface area contributed by atoms with Gasteiger partial charge in [0.2, 0.25) is 0 Å². The Morgan fingerprint density at radius 1 is 0.444 bits per heavy atom. The van der Waals surface area contributed by atoms with Gasteiger partial charge in [0.15, 0.2) is 13.6 Å². The van der Waals surface area contributed by atoms with Crippen LogP contribution in [0.15, 0.2) is 0 Å². The minimum atomic E-state index is -1.08. The molecule has 0 saturated heterocycles. The van der Waals surface area contributed by atoms with Gasteiger partial charge in [0.25, 0.3) is 12.9 Å². The molecule has 0 heterocycles. The second kappa shape index (κ2) is 34.3. The molecule has 0 spiro atoms. The number of hydrogen-bond donors (Lipinski definition) is 2. The summed E-state index contributed by atoms with van der Waals surface area (Å²) in [7, 11) is 0. The SMILES string of the molecule is O=COCOCCOCC(COCCOCOC=O)OCCOCCOC(COCCOCC(=O)O)COCCOCC(=O)O. The van der Waals surface area contributed by atoms with Crippen LogP contribution < -0.4 is 0 Å². The molecule has 0 aromatic rings. The van der Waals surface area contributed by atoms with Crippen molar-refractivity contribution in [2.24, 2.45) is 0 Å². The number of ether oxygens (including phenoxy) is 13. The Hall–Kier alpha value is -2.56. The van der Waals surface area contributed by atoms with Crippen LogP contribution >= 0.6 is 0 Å². The highest BCUT2D eigenvalue weighted by molar-refractivity contribution is 5.68. The van der Waals surface area contributed by atoms with Crippen molar-refractivity contribution in [3.63, 3.8) is 0 Å². The van der Waals surface area contributed by atoms with Gasteiger partial charge in [-0.05, 0) is 0 Å². The fraction of sp³-hybridized carbons (Fsp3) is 0.846. The summed E-state index contributed by atoms with van der Waals surface area (Å²) in [6, 6.07) is 0. The first-order valence-electron chi connectivity index (χ1n) is 14.0. The van der Waals surface area contributed by atoms with Crippen molar-refractivity contribution in [3.8, 4) is 0 Å². The van der Waals surface area contributed by atoms with Crippen molar-refractivity contribution >= 4 is 24.9 Å². The molecular weight excluding hydrogens is 616 g/mol. The van der Waals surface area contributed by atoms with E-state index in [0.717, 1.165) is 0 Å². The van der Waals surface area contributed by atoms with E-state index in [1.807, 2.05) is 0 Å². The highest BCUT2D eigenvalue weighted by Gasteiger charge is 2.12. The van der Waals surface area contributed by atoms with Crippen LogP contribution in [0.2, 0.25) is 0 Å². The molecule has 2 N–H and O–H groups in total. The summed E-state index contributed by atoms with van der Waals surface area (Å²) in [5.41, 5.74) is 0. The second-order valence-electron chi connectivity index (χ2n) is 8.37. The number of carbonyl (C=O) groups excluding carboxylic acids is 2. The van der Waals surface area contributed by atoms with Gasteiger partial charge in [-0.15, -0.1) is 0 Å². The molecule has 19 nitrogen and oxygen atoms in total. The molecule has 0 fully saturated rings. The van der Waals surface area contributed by atoms with Crippen LogP contribution in [-0.2, 0) is 80.8 Å². The summed E-state index contributed by atoms with van der Waals surface area (Å²) in [4.78, 5) is 41.2. The molecule has 19 heteroatoms. The van der Waals surface area contributed by atoms with E-state index in [2.05, 4.69) is 9.47 Å². The van der Waals surface area contributed by atoms with Gasteiger partial charge in [-0.25, -0.2) is 9.59 Å². The first-order chi connectivity index (χ1) is 22.0. The first-order valence-corrected chi connectivity index (χ1v) is 14.0. The average molecular weight is 663 g/mol. The van der Waals surface area contributed by atoms with Crippen LogP contribution in [0, 0.1) is 0 Å². The molecule has 45 heavy (non-hydrogen) atoms. The molecule has 0 aliphatic rings. The van der Waals surface area contributed by atoms with Gasteiger partial charge in [0, 0.05) is 0 Å². The summed E-state index contributed by atoms with van der Waals surface area (Å²) in [5.74, 6) is -2.15. The van der Waals surface area contributed by atoms with Crippen LogP contribution in [0.5, 0.6) is 0 Å². The number of aliphatic carboxylic acids is 2. The quantitative estimate of drug-likeness (QED) is 0.0428. The third kappa shape index (κ3) is 34.2. The van der Waals surface area contributed by atoms with Crippen LogP contribution in [0.4, 0.5) is 0 Å². The maximum Gasteiger partial charge on any atom is 0.329 e. The summed E-state index contributed by atoms with van der Waals surface area (Å²) < 4.78 is 67.8. The van der Waals surface area contributed by atoms with Gasteiger partial charge in [0.05, 0.1) is 106 Å². The number of carboxylic acids is 2. The van der Waals surface area contributed by atoms with Crippen molar-refractivity contribution in [3.05, 3.63) is 0 Å². The standard InChI is InChI=1S/C26H46O19/c27-19-42-21-40-7-5-36-15-24(16-37-6-8-41-22-43-20-28)45-12-10-33-9-11-44-23(13-34-1-3-38-17-25(29)30)14-35-2-4-39-18-26(31)32/h19-20,23-24H,1-18,21-22H2,(H,29,30)(H,31,32). The van der Waals surface area contributed by atoms with Gasteiger partial charge >= 0.3 is 11.9 Å². The van der Waals surface area contributed by atoms with Crippen molar-refractivity contribution in [1.82, 2.24) is 0 Å². The Bertz CT molecular complexity index is 649. The lowest BCUT2D eigenvalue weighted by molar-refractivity contribution is -0.144. The van der Waals surface area contributed by atoms with E-state index in [0.29, 0.717) is 0 Å². The third-order valence-corrected chi connectivity index (χ3v) is 4.76. The van der Waals surface area contributed by atoms with E-state index in [1.165, 1.54) is 0 Å². The fourth-order valence-electron chi connectivity index (χ4n) is 2.86. The minimum Gasteiger partial charge on any atom is -0.480 e. The molecule has 264 valence electrons. The normalized spacial score (nSPS) is 11.2. The van der Waals surface area contributed by atoms with Gasteiger partial charge < -0.3 is 71.8 Å². The highest BCUT2D eigenvalue weighted by atomic mass is 16.7. The van der Waals surface area contributed by atoms with Crippen LogP contribution in [0.25, 0.3) is 0 Å². The van der Waals surface area contributed by atoms with Crippen LogP contribution in [0.3, 0.4) is 0 Å². The summed E-state index contributed by atoms with van der Waals surface area (Å²) >= 11 is 0. The molecule has 0 aromatic carbocycles. The van der Waals surface area contributed by atoms with Gasteiger partial charge in [0.1, 0.15) is 25.4 Å². The predicted molar refractivity (Wildman–Crippen MR) is 146 cm³/mol. The lowest BCUT2D eigenvalue weighted by Gasteiger charge is -2.19. The molecule has 0 aromatic heterocycles. The lowest BCUT2D eigenvalue weighted by Crippen LogP contribution is -2.30. The number of carbonyl (C=O) groups is 4. The first kappa shape index (κ1) is 42.4. The number of rotatable bonds is 38. The summed E-state index contributed by atoms with van der Waals surface area (Å²) in [6.07, 6.45) is -0.912. The average Bonchev–Trinajstić information content (AvgIpc) is 3.01. The van der Waals surface area contributed by atoms with Gasteiger partial charge in [-0.1, -0.05) is 0 Å². The van der Waals surface area contributed by atoms with Crippen LogP contribution in [0.1, 0.15) is 0 Å². The monoisotopic (exact) mass is 662 g/mol. The summed E-state index contributed by atoms with van der Waals surface area (Å²) in [5, 5.41) is 17.2. The molecule has 0 radical (unpaired) electrons. The van der Waals surface area contributed by atoms with E-state index in [4.69, 9.17) is 62.3 Å². The maximum absolute atomic E-state index is 10.5. The third-order valence-electron chi connectivity index (χ3n) is 4.76. The fourth-order valence-corrected chi connectivity index (χ4v) is 2.86. The molecule has 0 unspecified atom stereocenters. The largest absolute Gasteiger partial charge is 0.480 e. The zero-order chi connectivity index (χ0) is 33.1. The van der Waals surface area contributed by atoms with Crippen molar-refractivity contribution < 1.29 is 91.0 Å². The Kier molecular flexibility index (Phi) is 32.4. The molecular formula is C26H46O19. The van der Waals surface area contributed by atoms with Gasteiger partial charge in [-0.2, -0.15) is 0 Å². The maximum atomic E-state index is 10.5. The van der Waals surface area contributed by atoms with E-state index in [-0.39, 0.29) is 132 Å². The Morgan fingerprint density at radius 3 is 1.09 bits per heavy atom. The smallest absolute Gasteiger partial charge is 0.329 e. The zero-order valence-electron chi connectivity index (χ0n) is 25.3. The highest BCUT2D eigenvalue weighted by Crippen LogP contribution is 1.99. The number of carboxylic acid groups (broad SMARTS) is 2. The molecule has 0 rings (SSSR count). The molecule has 0 bridgehead atoms. The predicted octanol–water partition coefficient (Wildman–Crippen LogP) is -1.66. The van der Waals surface area contributed by atoms with E-state index < -0.39 is 37.4 Å². The van der Waals surface area contributed by atoms with E-state index in [1.54, 1.807) is 0 Å². The van der Waals surface area contributed by atoms with Crippen LogP contribution in [-0.4, -0.2) is 180 Å². The minimum absolute atomic E-state index is 0.0946. The summed E-state index contributed by atoms with van der Waals surface area (Å²) in [6.45, 7) is 2.37.